The van der Waals surface area contributed by atoms with E-state index in [1.165, 1.54) is 24.4 Å². The number of nitrogens with zero attached hydrogens (tertiary/aromatic N) is 2. The second kappa shape index (κ2) is 5.40. The molecule has 1 aliphatic rings. The minimum atomic E-state index is -0.771. The number of fused-ring (bicyclic) bond motifs is 1. The van der Waals surface area contributed by atoms with E-state index in [0.717, 1.165) is 0 Å². The third-order valence-electron chi connectivity index (χ3n) is 3.25. The minimum Gasteiger partial charge on any atom is -0.467 e. The predicted molar refractivity (Wildman–Crippen MR) is 72.5 cm³/mol. The Morgan fingerprint density at radius 3 is 2.70 bits per heavy atom. The number of aromatic nitrogens is 1. The Morgan fingerprint density at radius 1 is 1.45 bits per heavy atom. The molecule has 20 heavy (non-hydrogen) atoms. The number of amides is 1. The van der Waals surface area contributed by atoms with Gasteiger partial charge in [-0.05, 0) is 18.4 Å². The van der Waals surface area contributed by atoms with E-state index in [4.69, 9.17) is 10.1 Å². The number of rotatable bonds is 4. The third kappa shape index (κ3) is 2.29. The second-order valence-corrected chi connectivity index (χ2v) is 5.11. The molecule has 2 heterocycles. The van der Waals surface area contributed by atoms with Crippen molar-refractivity contribution in [3.8, 4) is 0 Å². The number of ether oxygens (including phenoxy) is 1. The first-order valence-electron chi connectivity index (χ1n) is 6.41. The fourth-order valence-corrected chi connectivity index (χ4v) is 2.32. The van der Waals surface area contributed by atoms with E-state index < -0.39 is 12.0 Å². The molecule has 2 rings (SSSR count). The lowest BCUT2D eigenvalue weighted by Gasteiger charge is -2.26. The Balaban J connectivity index is 2.39. The summed E-state index contributed by atoms with van der Waals surface area (Å²) in [5.74, 6) is -0.642. The monoisotopic (exact) mass is 275 g/mol. The van der Waals surface area contributed by atoms with Gasteiger partial charge in [-0.1, -0.05) is 13.8 Å². The van der Waals surface area contributed by atoms with E-state index in [9.17, 15) is 9.59 Å². The standard InChI is InChI=1S/C14H17N3O3/c1-8(2)6-11(14(19)20-3)17-12(15)9-4-5-16-7-10(9)13(17)18/h4-5,7-8,11,15H,6H2,1-3H3/t11-/m0/s1. The molecule has 0 aliphatic carbocycles. The summed E-state index contributed by atoms with van der Waals surface area (Å²) in [6, 6.07) is 0.839. The lowest BCUT2D eigenvalue weighted by atomic mass is 10.0. The predicted octanol–water partition coefficient (Wildman–Crippen LogP) is 1.45. The molecule has 0 aromatic carbocycles. The van der Waals surface area contributed by atoms with Crippen LogP contribution in [0.4, 0.5) is 0 Å². The van der Waals surface area contributed by atoms with Crippen molar-refractivity contribution in [3.63, 3.8) is 0 Å². The van der Waals surface area contributed by atoms with Crippen LogP contribution in [0.1, 0.15) is 36.2 Å². The smallest absolute Gasteiger partial charge is 0.329 e. The van der Waals surface area contributed by atoms with Crippen molar-refractivity contribution in [2.45, 2.75) is 26.3 Å². The van der Waals surface area contributed by atoms with Crippen LogP contribution in [-0.2, 0) is 9.53 Å². The fourth-order valence-electron chi connectivity index (χ4n) is 2.32. The van der Waals surface area contributed by atoms with Gasteiger partial charge in [0.05, 0.1) is 12.7 Å². The van der Waals surface area contributed by atoms with Gasteiger partial charge in [0.15, 0.2) is 0 Å². The van der Waals surface area contributed by atoms with Gasteiger partial charge in [-0.2, -0.15) is 0 Å². The number of hydrogen-bond acceptors (Lipinski definition) is 5. The number of methoxy groups -OCH3 is 1. The zero-order valence-corrected chi connectivity index (χ0v) is 11.7. The van der Waals surface area contributed by atoms with Crippen molar-refractivity contribution in [2.75, 3.05) is 7.11 Å². The molecule has 0 radical (unpaired) electrons. The number of nitrogens with one attached hydrogen (secondary N) is 1. The van der Waals surface area contributed by atoms with Crippen LogP contribution >= 0.6 is 0 Å². The Kier molecular flexibility index (Phi) is 3.83. The number of esters is 1. The Bertz CT molecular complexity index is 534. The number of pyridine rings is 1. The Hall–Kier alpha value is -2.24. The van der Waals surface area contributed by atoms with E-state index in [1.54, 1.807) is 6.07 Å². The molecule has 1 N–H and O–H groups in total. The normalized spacial score (nSPS) is 15.5. The molecule has 0 saturated carbocycles. The number of carbonyl (C=O) groups excluding carboxylic acids is 2. The van der Waals surface area contributed by atoms with Gasteiger partial charge < -0.3 is 4.74 Å². The van der Waals surface area contributed by atoms with Crippen LogP contribution in [0, 0.1) is 11.3 Å². The molecule has 1 aromatic rings. The average Bonchev–Trinajstić information content (AvgIpc) is 2.68. The van der Waals surface area contributed by atoms with E-state index in [-0.39, 0.29) is 17.7 Å². The Morgan fingerprint density at radius 2 is 2.15 bits per heavy atom. The summed E-state index contributed by atoms with van der Waals surface area (Å²) in [7, 11) is 1.29. The quantitative estimate of drug-likeness (QED) is 0.843. The number of carbonyl (C=O) groups is 2. The van der Waals surface area contributed by atoms with Crippen LogP contribution < -0.4 is 0 Å². The first-order valence-corrected chi connectivity index (χ1v) is 6.41. The zero-order valence-electron chi connectivity index (χ0n) is 11.7. The zero-order chi connectivity index (χ0) is 14.9. The molecule has 106 valence electrons. The number of amidine groups is 1. The van der Waals surface area contributed by atoms with Crippen molar-refractivity contribution in [2.24, 2.45) is 5.92 Å². The topological polar surface area (TPSA) is 83.3 Å². The van der Waals surface area contributed by atoms with Gasteiger partial charge in [0.1, 0.15) is 11.9 Å². The molecule has 0 unspecified atom stereocenters. The van der Waals surface area contributed by atoms with E-state index >= 15 is 0 Å². The summed E-state index contributed by atoms with van der Waals surface area (Å²) < 4.78 is 4.78. The van der Waals surface area contributed by atoms with Gasteiger partial charge in [0, 0.05) is 18.0 Å². The SMILES string of the molecule is COC(=O)[C@H](CC(C)C)N1C(=N)c2ccncc2C1=O. The Labute approximate surface area is 117 Å². The van der Waals surface area contributed by atoms with Gasteiger partial charge in [-0.3, -0.25) is 20.1 Å². The molecule has 1 aliphatic heterocycles. The molecule has 6 heteroatoms. The molecule has 1 amide bonds. The maximum atomic E-state index is 12.4. The highest BCUT2D eigenvalue weighted by Gasteiger charge is 2.41. The first-order chi connectivity index (χ1) is 9.47. The molecule has 0 saturated heterocycles. The van der Waals surface area contributed by atoms with Crippen LogP contribution in [0.25, 0.3) is 0 Å². The van der Waals surface area contributed by atoms with E-state index in [1.807, 2.05) is 13.8 Å². The fraction of sp³-hybridized carbons (Fsp3) is 0.429. The molecule has 1 atom stereocenters. The maximum Gasteiger partial charge on any atom is 0.329 e. The summed E-state index contributed by atoms with van der Waals surface area (Å²) in [6.45, 7) is 3.91. The van der Waals surface area contributed by atoms with Crippen LogP contribution in [0.3, 0.4) is 0 Å². The molecule has 0 bridgehead atoms. The first kappa shape index (κ1) is 14.2. The maximum absolute atomic E-state index is 12.4. The second-order valence-electron chi connectivity index (χ2n) is 5.11. The van der Waals surface area contributed by atoms with Gasteiger partial charge in [-0.25, -0.2) is 4.79 Å². The highest BCUT2D eigenvalue weighted by molar-refractivity contribution is 6.23. The van der Waals surface area contributed by atoms with Gasteiger partial charge in [0.2, 0.25) is 0 Å². The largest absolute Gasteiger partial charge is 0.467 e. The van der Waals surface area contributed by atoms with Crippen molar-refractivity contribution in [1.82, 2.24) is 9.88 Å². The molecule has 0 fully saturated rings. The lowest BCUT2D eigenvalue weighted by Crippen LogP contribution is -2.46. The van der Waals surface area contributed by atoms with Crippen molar-refractivity contribution >= 4 is 17.7 Å². The molecular weight excluding hydrogens is 258 g/mol. The van der Waals surface area contributed by atoms with Gasteiger partial charge >= 0.3 is 5.97 Å². The number of hydrogen-bond donors (Lipinski definition) is 1. The molecule has 6 nitrogen and oxygen atoms in total. The van der Waals surface area contributed by atoms with Crippen LogP contribution in [-0.4, -0.2) is 40.7 Å². The van der Waals surface area contributed by atoms with Gasteiger partial charge in [0.25, 0.3) is 5.91 Å². The molecular formula is C14H17N3O3. The molecule has 1 aromatic heterocycles. The summed E-state index contributed by atoms with van der Waals surface area (Å²) in [6.07, 6.45) is 3.40. The summed E-state index contributed by atoms with van der Waals surface area (Å²) >= 11 is 0. The van der Waals surface area contributed by atoms with Crippen molar-refractivity contribution < 1.29 is 14.3 Å². The highest BCUT2D eigenvalue weighted by Crippen LogP contribution is 2.26. The van der Waals surface area contributed by atoms with Crippen LogP contribution in [0.2, 0.25) is 0 Å². The third-order valence-corrected chi connectivity index (χ3v) is 3.25. The highest BCUT2D eigenvalue weighted by atomic mass is 16.5. The summed E-state index contributed by atoms with van der Waals surface area (Å²) in [5.41, 5.74) is 0.859. The van der Waals surface area contributed by atoms with Gasteiger partial charge in [-0.15, -0.1) is 0 Å². The minimum absolute atomic E-state index is 0.0310. The lowest BCUT2D eigenvalue weighted by molar-refractivity contribution is -0.145. The molecule has 0 spiro atoms. The van der Waals surface area contributed by atoms with E-state index in [2.05, 4.69) is 4.98 Å². The van der Waals surface area contributed by atoms with Crippen LogP contribution in [0.15, 0.2) is 18.5 Å². The average molecular weight is 275 g/mol. The summed E-state index contributed by atoms with van der Waals surface area (Å²) in [4.78, 5) is 29.4. The summed E-state index contributed by atoms with van der Waals surface area (Å²) in [5, 5.41) is 8.13. The van der Waals surface area contributed by atoms with Crippen molar-refractivity contribution in [3.05, 3.63) is 29.6 Å². The van der Waals surface area contributed by atoms with Crippen molar-refractivity contribution in [1.29, 1.82) is 5.41 Å². The van der Waals surface area contributed by atoms with E-state index in [0.29, 0.717) is 17.5 Å². The van der Waals surface area contributed by atoms with Crippen LogP contribution in [0.5, 0.6) is 0 Å².